The maximum absolute atomic E-state index is 13.8. The van der Waals surface area contributed by atoms with Crippen LogP contribution in [0.15, 0.2) is 66.7 Å². The SMILES string of the molecule is Fc1cccc(Cl)c1COc1ccc(CNCc2nc3ccccc3[nH]2)cc1. The fraction of sp³-hybridized carbons (Fsp3) is 0.136. The maximum atomic E-state index is 13.8. The van der Waals surface area contributed by atoms with Gasteiger partial charge in [0.05, 0.1) is 22.6 Å². The Balaban J connectivity index is 1.29. The molecule has 28 heavy (non-hydrogen) atoms. The number of imidazole rings is 1. The van der Waals surface area contributed by atoms with Crippen molar-refractivity contribution in [3.05, 3.63) is 94.5 Å². The minimum Gasteiger partial charge on any atom is -0.489 e. The topological polar surface area (TPSA) is 49.9 Å². The van der Waals surface area contributed by atoms with Crippen molar-refractivity contribution in [3.63, 3.8) is 0 Å². The van der Waals surface area contributed by atoms with Crippen LogP contribution in [0, 0.1) is 5.82 Å². The summed E-state index contributed by atoms with van der Waals surface area (Å²) in [6, 6.07) is 20.3. The largest absolute Gasteiger partial charge is 0.489 e. The van der Waals surface area contributed by atoms with E-state index in [1.807, 2.05) is 48.5 Å². The molecule has 3 aromatic carbocycles. The van der Waals surface area contributed by atoms with E-state index >= 15 is 0 Å². The molecule has 0 amide bonds. The monoisotopic (exact) mass is 395 g/mol. The molecule has 0 fully saturated rings. The van der Waals surface area contributed by atoms with E-state index in [1.54, 1.807) is 12.1 Å². The van der Waals surface area contributed by atoms with Crippen molar-refractivity contribution in [1.82, 2.24) is 15.3 Å². The van der Waals surface area contributed by atoms with E-state index in [2.05, 4.69) is 15.3 Å². The number of nitrogens with one attached hydrogen (secondary N) is 2. The van der Waals surface area contributed by atoms with E-state index in [1.165, 1.54) is 6.07 Å². The van der Waals surface area contributed by atoms with Crippen LogP contribution in [0.2, 0.25) is 5.02 Å². The van der Waals surface area contributed by atoms with Gasteiger partial charge in [-0.25, -0.2) is 9.37 Å². The summed E-state index contributed by atoms with van der Waals surface area (Å²) < 4.78 is 19.4. The van der Waals surface area contributed by atoms with Gasteiger partial charge in [0.25, 0.3) is 0 Å². The molecule has 0 saturated heterocycles. The third-order valence-electron chi connectivity index (χ3n) is 4.43. The summed E-state index contributed by atoms with van der Waals surface area (Å²) in [5.41, 5.74) is 3.49. The molecule has 0 bridgehead atoms. The summed E-state index contributed by atoms with van der Waals surface area (Å²) in [5, 5.41) is 3.74. The number of ether oxygens (including phenoxy) is 1. The Bertz CT molecular complexity index is 1030. The molecule has 4 nitrogen and oxygen atoms in total. The van der Waals surface area contributed by atoms with Gasteiger partial charge < -0.3 is 15.0 Å². The van der Waals surface area contributed by atoms with Crippen molar-refractivity contribution < 1.29 is 9.13 Å². The lowest BCUT2D eigenvalue weighted by atomic mass is 10.2. The zero-order chi connectivity index (χ0) is 19.3. The number of hydrogen-bond acceptors (Lipinski definition) is 3. The molecule has 0 spiro atoms. The standard InChI is InChI=1S/C22H19ClFN3O/c23-18-4-3-5-19(24)17(18)14-28-16-10-8-15(9-11-16)12-25-13-22-26-20-6-1-2-7-21(20)27-22/h1-11,25H,12-14H2,(H,26,27). The van der Waals surface area contributed by atoms with E-state index in [9.17, 15) is 4.39 Å². The van der Waals surface area contributed by atoms with Crippen molar-refractivity contribution in [2.24, 2.45) is 0 Å². The molecule has 0 atom stereocenters. The van der Waals surface area contributed by atoms with E-state index in [-0.39, 0.29) is 12.4 Å². The first-order valence-corrected chi connectivity index (χ1v) is 9.36. The molecule has 4 aromatic rings. The molecule has 1 heterocycles. The Morgan fingerprint density at radius 1 is 0.964 bits per heavy atom. The van der Waals surface area contributed by atoms with E-state index in [0.29, 0.717) is 29.4 Å². The van der Waals surface area contributed by atoms with Crippen molar-refractivity contribution in [2.45, 2.75) is 19.7 Å². The summed E-state index contributed by atoms with van der Waals surface area (Å²) in [4.78, 5) is 7.84. The van der Waals surface area contributed by atoms with Gasteiger partial charge in [0.1, 0.15) is 24.0 Å². The number of fused-ring (bicyclic) bond motifs is 1. The second kappa shape index (κ2) is 8.42. The highest BCUT2D eigenvalue weighted by molar-refractivity contribution is 6.31. The summed E-state index contributed by atoms with van der Waals surface area (Å²) in [5.74, 6) is 1.21. The first kappa shape index (κ1) is 18.5. The van der Waals surface area contributed by atoms with E-state index in [0.717, 1.165) is 22.4 Å². The summed E-state index contributed by atoms with van der Waals surface area (Å²) >= 11 is 6.02. The lowest BCUT2D eigenvalue weighted by Gasteiger charge is -2.09. The highest BCUT2D eigenvalue weighted by atomic mass is 35.5. The number of H-pyrrole nitrogens is 1. The first-order chi connectivity index (χ1) is 13.7. The molecule has 1 aromatic heterocycles. The number of para-hydroxylation sites is 2. The fourth-order valence-corrected chi connectivity index (χ4v) is 3.16. The molecule has 0 aliphatic rings. The molecule has 0 aliphatic heterocycles. The van der Waals surface area contributed by atoms with Gasteiger partial charge in [-0.15, -0.1) is 0 Å². The average molecular weight is 396 g/mol. The van der Waals surface area contributed by atoms with Crippen LogP contribution < -0.4 is 10.1 Å². The van der Waals surface area contributed by atoms with Crippen LogP contribution in [-0.2, 0) is 19.7 Å². The number of rotatable bonds is 7. The number of aromatic nitrogens is 2. The molecule has 6 heteroatoms. The lowest BCUT2D eigenvalue weighted by Crippen LogP contribution is -2.13. The van der Waals surface area contributed by atoms with Gasteiger partial charge in [0, 0.05) is 12.1 Å². The lowest BCUT2D eigenvalue weighted by molar-refractivity contribution is 0.300. The molecule has 142 valence electrons. The molecule has 4 rings (SSSR count). The van der Waals surface area contributed by atoms with Crippen LogP contribution in [0.3, 0.4) is 0 Å². The van der Waals surface area contributed by atoms with Gasteiger partial charge in [-0.2, -0.15) is 0 Å². The normalized spacial score (nSPS) is 11.1. The van der Waals surface area contributed by atoms with Crippen molar-refractivity contribution >= 4 is 22.6 Å². The quantitative estimate of drug-likeness (QED) is 0.451. The Kier molecular flexibility index (Phi) is 5.55. The summed E-state index contributed by atoms with van der Waals surface area (Å²) in [7, 11) is 0. The Morgan fingerprint density at radius 3 is 2.57 bits per heavy atom. The maximum Gasteiger partial charge on any atom is 0.131 e. The van der Waals surface area contributed by atoms with Gasteiger partial charge in [0.2, 0.25) is 0 Å². The zero-order valence-corrected chi connectivity index (χ0v) is 15.8. The van der Waals surface area contributed by atoms with E-state index < -0.39 is 0 Å². The highest BCUT2D eigenvalue weighted by Crippen LogP contribution is 2.21. The van der Waals surface area contributed by atoms with Gasteiger partial charge in [-0.3, -0.25) is 0 Å². The van der Waals surface area contributed by atoms with Crippen LogP contribution >= 0.6 is 11.6 Å². The van der Waals surface area contributed by atoms with Crippen molar-refractivity contribution in [1.29, 1.82) is 0 Å². The van der Waals surface area contributed by atoms with Gasteiger partial charge in [0.15, 0.2) is 0 Å². The van der Waals surface area contributed by atoms with Crippen LogP contribution in [0.5, 0.6) is 5.75 Å². The highest BCUT2D eigenvalue weighted by Gasteiger charge is 2.08. The predicted octanol–water partition coefficient (Wildman–Crippen LogP) is 5.22. The second-order valence-electron chi connectivity index (χ2n) is 6.44. The summed E-state index contributed by atoms with van der Waals surface area (Å²) in [6.45, 7) is 1.45. The number of hydrogen-bond donors (Lipinski definition) is 2. The summed E-state index contributed by atoms with van der Waals surface area (Å²) in [6.07, 6.45) is 0. The Morgan fingerprint density at radius 2 is 1.79 bits per heavy atom. The third kappa shape index (κ3) is 4.32. The van der Waals surface area contributed by atoms with Crippen molar-refractivity contribution in [2.75, 3.05) is 0 Å². The van der Waals surface area contributed by atoms with Crippen LogP contribution in [0.4, 0.5) is 4.39 Å². The number of benzene rings is 3. The van der Waals surface area contributed by atoms with Gasteiger partial charge in [-0.05, 0) is 42.0 Å². The number of nitrogens with zero attached hydrogens (tertiary/aromatic N) is 1. The average Bonchev–Trinajstić information content (AvgIpc) is 3.11. The smallest absolute Gasteiger partial charge is 0.131 e. The number of aromatic amines is 1. The molecule has 0 aliphatic carbocycles. The molecule has 0 saturated carbocycles. The predicted molar refractivity (Wildman–Crippen MR) is 109 cm³/mol. The minimum atomic E-state index is -0.362. The van der Waals surface area contributed by atoms with Gasteiger partial charge >= 0.3 is 0 Å². The number of halogens is 2. The van der Waals surface area contributed by atoms with Crippen LogP contribution in [-0.4, -0.2) is 9.97 Å². The Labute approximate surface area is 167 Å². The second-order valence-corrected chi connectivity index (χ2v) is 6.84. The molecule has 0 radical (unpaired) electrons. The third-order valence-corrected chi connectivity index (χ3v) is 4.78. The molecule has 0 unspecified atom stereocenters. The van der Waals surface area contributed by atoms with Crippen LogP contribution in [0.1, 0.15) is 17.0 Å². The van der Waals surface area contributed by atoms with Crippen molar-refractivity contribution in [3.8, 4) is 5.75 Å². The zero-order valence-electron chi connectivity index (χ0n) is 15.1. The molecular formula is C22H19ClFN3O. The fourth-order valence-electron chi connectivity index (χ4n) is 2.94. The molecule has 2 N–H and O–H groups in total. The van der Waals surface area contributed by atoms with Gasteiger partial charge in [-0.1, -0.05) is 41.9 Å². The Hall–Kier alpha value is -2.89. The molecular weight excluding hydrogens is 377 g/mol. The first-order valence-electron chi connectivity index (χ1n) is 8.98. The van der Waals surface area contributed by atoms with E-state index in [4.69, 9.17) is 16.3 Å². The minimum absolute atomic E-state index is 0.0924. The van der Waals surface area contributed by atoms with Crippen LogP contribution in [0.25, 0.3) is 11.0 Å².